The molecule has 9 nitrogen and oxygen atoms in total. The number of aliphatic carboxylic acids is 1. The Kier molecular flexibility index (Phi) is 6.66. The van der Waals surface area contributed by atoms with Gasteiger partial charge in [0.2, 0.25) is 0 Å². The van der Waals surface area contributed by atoms with Crippen LogP contribution in [0, 0.1) is 0 Å². The van der Waals surface area contributed by atoms with E-state index < -0.39 is 24.0 Å². The van der Waals surface area contributed by atoms with Crippen LogP contribution in [0.5, 0.6) is 0 Å². The van der Waals surface area contributed by atoms with Gasteiger partial charge in [-0.3, -0.25) is 10.1 Å². The Bertz CT molecular complexity index is 1150. The summed E-state index contributed by atoms with van der Waals surface area (Å²) >= 11 is 0.886. The molecule has 1 heterocycles. The number of hydrogen-bond acceptors (Lipinski definition) is 7. The maximum Gasteiger partial charge on any atom is 0.413 e. The summed E-state index contributed by atoms with van der Waals surface area (Å²) in [4.78, 5) is 39.8. The monoisotopic (exact) mass is 467 g/mol. The predicted molar refractivity (Wildman–Crippen MR) is 121 cm³/mol. The minimum atomic E-state index is -1.25. The lowest BCUT2D eigenvalue weighted by atomic mass is 9.98. The van der Waals surface area contributed by atoms with Gasteiger partial charge in [0.1, 0.15) is 17.5 Å². The molecule has 0 unspecified atom stereocenters. The first-order valence-electron chi connectivity index (χ1n) is 10.2. The van der Waals surface area contributed by atoms with Crippen LogP contribution in [-0.4, -0.2) is 52.4 Å². The molecule has 1 aromatic heterocycles. The highest BCUT2D eigenvalue weighted by molar-refractivity contribution is 7.17. The maximum absolute atomic E-state index is 12.4. The number of carboxylic acids is 1. The number of aliphatic hydroxyl groups is 1. The van der Waals surface area contributed by atoms with Gasteiger partial charge in [0.15, 0.2) is 5.13 Å². The summed E-state index contributed by atoms with van der Waals surface area (Å²) in [6.45, 7) is -0.242. The standard InChI is InChI=1S/C23H21N3O6S/c27-10-9-18(21(29)30)25-20(28)19-11-24-22(33-19)26-23(31)32-12-17-15-7-3-1-5-13(15)14-6-2-4-8-16(14)17/h1-8,11,17-18,27H,9-10,12H2,(H,25,28)(H,29,30)(H,24,26,31)/t18-/m1/s1. The minimum Gasteiger partial charge on any atom is -0.480 e. The van der Waals surface area contributed by atoms with E-state index in [0.717, 1.165) is 33.6 Å². The van der Waals surface area contributed by atoms with Crippen LogP contribution in [0.25, 0.3) is 11.1 Å². The predicted octanol–water partition coefficient (Wildman–Crippen LogP) is 3.07. The van der Waals surface area contributed by atoms with Crippen molar-refractivity contribution in [3.05, 3.63) is 70.7 Å². The summed E-state index contributed by atoms with van der Waals surface area (Å²) in [5, 5.41) is 23.0. The second-order valence-electron chi connectivity index (χ2n) is 7.36. The van der Waals surface area contributed by atoms with Gasteiger partial charge in [-0.15, -0.1) is 0 Å². The zero-order chi connectivity index (χ0) is 23.4. The average Bonchev–Trinajstić information content (AvgIpc) is 3.40. The lowest BCUT2D eigenvalue weighted by molar-refractivity contribution is -0.139. The first kappa shape index (κ1) is 22.4. The zero-order valence-electron chi connectivity index (χ0n) is 17.4. The van der Waals surface area contributed by atoms with Crippen LogP contribution in [0.4, 0.5) is 9.93 Å². The van der Waals surface area contributed by atoms with E-state index in [0.29, 0.717) is 0 Å². The van der Waals surface area contributed by atoms with Crippen molar-refractivity contribution >= 4 is 34.4 Å². The highest BCUT2D eigenvalue weighted by Gasteiger charge is 2.29. The quantitative estimate of drug-likeness (QED) is 0.399. The molecule has 1 aliphatic carbocycles. The molecule has 0 bridgehead atoms. The van der Waals surface area contributed by atoms with E-state index in [2.05, 4.69) is 15.6 Å². The van der Waals surface area contributed by atoms with Crippen molar-refractivity contribution in [2.45, 2.75) is 18.4 Å². The van der Waals surface area contributed by atoms with Crippen molar-refractivity contribution in [3.63, 3.8) is 0 Å². The van der Waals surface area contributed by atoms with E-state index >= 15 is 0 Å². The van der Waals surface area contributed by atoms with Gasteiger partial charge in [0, 0.05) is 18.9 Å². The molecule has 3 aromatic rings. The first-order valence-corrected chi connectivity index (χ1v) is 11.0. The van der Waals surface area contributed by atoms with Crippen LogP contribution in [0.15, 0.2) is 54.7 Å². The van der Waals surface area contributed by atoms with Gasteiger partial charge in [-0.2, -0.15) is 0 Å². The maximum atomic E-state index is 12.4. The Morgan fingerprint density at radius 1 is 1.06 bits per heavy atom. The van der Waals surface area contributed by atoms with Crippen LogP contribution < -0.4 is 10.6 Å². The van der Waals surface area contributed by atoms with Gasteiger partial charge in [0.25, 0.3) is 5.91 Å². The van der Waals surface area contributed by atoms with Crippen molar-refractivity contribution in [3.8, 4) is 11.1 Å². The summed E-state index contributed by atoms with van der Waals surface area (Å²) in [5.41, 5.74) is 4.43. The molecule has 1 atom stereocenters. The van der Waals surface area contributed by atoms with Crippen LogP contribution in [0.1, 0.15) is 33.1 Å². The molecule has 170 valence electrons. The number of amides is 2. The van der Waals surface area contributed by atoms with Gasteiger partial charge in [0.05, 0.1) is 6.20 Å². The molecule has 0 saturated heterocycles. The van der Waals surface area contributed by atoms with Crippen LogP contribution in [-0.2, 0) is 9.53 Å². The highest BCUT2D eigenvalue weighted by Crippen LogP contribution is 2.44. The molecule has 0 spiro atoms. The molecule has 0 aliphatic heterocycles. The average molecular weight is 468 g/mol. The molecule has 0 fully saturated rings. The largest absolute Gasteiger partial charge is 0.480 e. The normalized spacial score (nSPS) is 13.0. The third-order valence-corrected chi connectivity index (χ3v) is 6.21. The highest BCUT2D eigenvalue weighted by atomic mass is 32.1. The number of benzene rings is 2. The molecule has 0 radical (unpaired) electrons. The third-order valence-electron chi connectivity index (χ3n) is 5.30. The van der Waals surface area contributed by atoms with Crippen molar-refractivity contribution in [1.82, 2.24) is 10.3 Å². The molecular formula is C23H21N3O6S. The topological polar surface area (TPSA) is 138 Å². The second kappa shape index (κ2) is 9.80. The van der Waals surface area contributed by atoms with Gasteiger partial charge in [-0.25, -0.2) is 14.6 Å². The van der Waals surface area contributed by atoms with Crippen LogP contribution >= 0.6 is 11.3 Å². The minimum absolute atomic E-state index is 0.0831. The Labute approximate surface area is 193 Å². The van der Waals surface area contributed by atoms with E-state index in [-0.39, 0.29) is 35.6 Å². The Balaban J connectivity index is 1.36. The van der Waals surface area contributed by atoms with Gasteiger partial charge in [-0.05, 0) is 22.3 Å². The third kappa shape index (κ3) is 4.86. The molecule has 33 heavy (non-hydrogen) atoms. The van der Waals surface area contributed by atoms with E-state index in [1.807, 2.05) is 48.5 Å². The van der Waals surface area contributed by atoms with Crippen molar-refractivity contribution in [1.29, 1.82) is 0 Å². The molecule has 4 N–H and O–H groups in total. The van der Waals surface area contributed by atoms with E-state index in [1.165, 1.54) is 6.20 Å². The van der Waals surface area contributed by atoms with Gasteiger partial charge < -0.3 is 20.3 Å². The number of anilines is 1. The Morgan fingerprint density at radius 3 is 2.30 bits per heavy atom. The van der Waals surface area contributed by atoms with E-state index in [4.69, 9.17) is 14.9 Å². The van der Waals surface area contributed by atoms with Gasteiger partial charge >= 0.3 is 12.1 Å². The second-order valence-corrected chi connectivity index (χ2v) is 8.39. The van der Waals surface area contributed by atoms with Crippen LogP contribution in [0.3, 0.4) is 0 Å². The molecule has 10 heteroatoms. The lowest BCUT2D eigenvalue weighted by Gasteiger charge is -2.14. The van der Waals surface area contributed by atoms with Gasteiger partial charge in [-0.1, -0.05) is 59.9 Å². The summed E-state index contributed by atoms with van der Waals surface area (Å²) in [6, 6.07) is 14.8. The van der Waals surface area contributed by atoms with E-state index in [9.17, 15) is 14.4 Å². The van der Waals surface area contributed by atoms with E-state index in [1.54, 1.807) is 0 Å². The molecular weight excluding hydrogens is 446 g/mol. The number of nitrogens with one attached hydrogen (secondary N) is 2. The molecule has 2 amide bonds. The van der Waals surface area contributed by atoms with Crippen molar-refractivity contribution < 1.29 is 29.3 Å². The number of hydrogen-bond donors (Lipinski definition) is 4. The molecule has 0 saturated carbocycles. The number of rotatable bonds is 8. The lowest BCUT2D eigenvalue weighted by Crippen LogP contribution is -2.41. The number of fused-ring (bicyclic) bond motifs is 3. The summed E-state index contributed by atoms with van der Waals surface area (Å²) < 4.78 is 5.45. The number of carboxylic acid groups (broad SMARTS) is 1. The molecule has 4 rings (SSSR count). The van der Waals surface area contributed by atoms with Crippen molar-refractivity contribution in [2.24, 2.45) is 0 Å². The number of carbonyl (C=O) groups excluding carboxylic acids is 2. The Hall–Kier alpha value is -3.76. The summed E-state index contributed by atoms with van der Waals surface area (Å²) in [6.07, 6.45) is 0.406. The molecule has 2 aromatic carbocycles. The fourth-order valence-corrected chi connectivity index (χ4v) is 4.48. The first-order chi connectivity index (χ1) is 16.0. The number of aliphatic hydroxyl groups excluding tert-OH is 1. The fourth-order valence-electron chi connectivity index (χ4n) is 3.77. The summed E-state index contributed by atoms with van der Waals surface area (Å²) in [5.74, 6) is -1.99. The Morgan fingerprint density at radius 2 is 1.70 bits per heavy atom. The molecule has 1 aliphatic rings. The smallest absolute Gasteiger partial charge is 0.413 e. The number of carbonyl (C=O) groups is 3. The summed E-state index contributed by atoms with van der Waals surface area (Å²) in [7, 11) is 0. The SMILES string of the molecule is O=C(Nc1ncc(C(=O)N[C@H](CCO)C(=O)O)s1)OCC1c2ccccc2-c2ccccc21. The fraction of sp³-hybridized carbons (Fsp3) is 0.217. The zero-order valence-corrected chi connectivity index (χ0v) is 18.2. The number of thiazole rings is 1. The number of aromatic nitrogens is 1. The number of nitrogens with zero attached hydrogens (tertiary/aromatic N) is 1. The number of ether oxygens (including phenoxy) is 1. The van der Waals surface area contributed by atoms with Crippen LogP contribution in [0.2, 0.25) is 0 Å². The van der Waals surface area contributed by atoms with Crippen molar-refractivity contribution in [2.75, 3.05) is 18.5 Å².